The van der Waals surface area contributed by atoms with Crippen LogP contribution < -0.4 is 0 Å². The summed E-state index contributed by atoms with van der Waals surface area (Å²) in [5.74, 6) is 0.176. The summed E-state index contributed by atoms with van der Waals surface area (Å²) in [6.45, 7) is 12.1. The van der Waals surface area contributed by atoms with Crippen molar-refractivity contribution in [3.63, 3.8) is 0 Å². The normalized spacial score (nSPS) is 38.4. The van der Waals surface area contributed by atoms with Crippen molar-refractivity contribution >= 4 is 5.97 Å². The quantitative estimate of drug-likeness (QED) is 0.546. The molecule has 1 aliphatic rings. The molecule has 0 aliphatic carbocycles. The predicted octanol–water partition coefficient (Wildman–Crippen LogP) is 2.70. The van der Waals surface area contributed by atoms with Crippen molar-refractivity contribution in [2.75, 3.05) is 6.61 Å². The van der Waals surface area contributed by atoms with E-state index in [4.69, 9.17) is 9.47 Å². The summed E-state index contributed by atoms with van der Waals surface area (Å²) in [6.07, 6.45) is 3.00. The number of ether oxygens (including phenoxy) is 2. The maximum absolute atomic E-state index is 11.5. The Bertz CT molecular complexity index is 287. The third-order valence-corrected chi connectivity index (χ3v) is 3.41. The van der Waals surface area contributed by atoms with Crippen LogP contribution in [0, 0.1) is 5.92 Å². The lowest BCUT2D eigenvalue weighted by atomic mass is 9.86. The van der Waals surface area contributed by atoms with Crippen LogP contribution in [0.4, 0.5) is 0 Å². The molecule has 0 aromatic carbocycles. The largest absolute Gasteiger partial charge is 0.466 e. The molecule has 0 aromatic rings. The van der Waals surface area contributed by atoms with Crippen molar-refractivity contribution in [1.82, 2.24) is 0 Å². The van der Waals surface area contributed by atoms with Gasteiger partial charge in [-0.15, -0.1) is 6.58 Å². The third-order valence-electron chi connectivity index (χ3n) is 3.41. The molecule has 0 N–H and O–H groups in total. The van der Waals surface area contributed by atoms with Crippen LogP contribution in [0.2, 0.25) is 0 Å². The third kappa shape index (κ3) is 2.64. The average molecular weight is 226 g/mol. The van der Waals surface area contributed by atoms with E-state index in [1.807, 2.05) is 26.8 Å². The molecule has 3 nitrogen and oxygen atoms in total. The van der Waals surface area contributed by atoms with E-state index in [0.29, 0.717) is 18.9 Å². The first kappa shape index (κ1) is 13.2. The van der Waals surface area contributed by atoms with Gasteiger partial charge in [0.15, 0.2) is 0 Å². The Morgan fingerprint density at radius 3 is 2.69 bits per heavy atom. The molecule has 16 heavy (non-hydrogen) atoms. The molecule has 0 aromatic heterocycles. The molecule has 0 unspecified atom stereocenters. The molecule has 3 atom stereocenters. The van der Waals surface area contributed by atoms with E-state index in [1.54, 1.807) is 0 Å². The van der Waals surface area contributed by atoms with Crippen LogP contribution in [0.25, 0.3) is 0 Å². The van der Waals surface area contributed by atoms with Gasteiger partial charge in [-0.05, 0) is 33.1 Å². The van der Waals surface area contributed by atoms with Crippen molar-refractivity contribution in [2.24, 2.45) is 5.92 Å². The summed E-state index contributed by atoms with van der Waals surface area (Å²) in [5, 5.41) is 0. The Morgan fingerprint density at radius 1 is 1.62 bits per heavy atom. The summed E-state index contributed by atoms with van der Waals surface area (Å²) >= 11 is 0. The van der Waals surface area contributed by atoms with Gasteiger partial charge < -0.3 is 9.47 Å². The number of hydrogen-bond acceptors (Lipinski definition) is 3. The molecule has 1 fully saturated rings. The van der Waals surface area contributed by atoms with E-state index < -0.39 is 5.60 Å². The Balaban J connectivity index is 2.68. The highest BCUT2D eigenvalue weighted by atomic mass is 16.5. The smallest absolute Gasteiger partial charge is 0.308 e. The minimum atomic E-state index is -0.422. The van der Waals surface area contributed by atoms with Gasteiger partial charge in [0, 0.05) is 0 Å². The topological polar surface area (TPSA) is 35.5 Å². The van der Waals surface area contributed by atoms with Gasteiger partial charge in [0.2, 0.25) is 0 Å². The SMILES string of the molecule is C=C[C@]1(C)O[C@](C)(CC(=O)OCC)C[C@H]1C. The van der Waals surface area contributed by atoms with E-state index in [1.165, 1.54) is 0 Å². The molecule has 0 saturated carbocycles. The maximum Gasteiger partial charge on any atom is 0.308 e. The highest BCUT2D eigenvalue weighted by Gasteiger charge is 2.48. The number of carbonyl (C=O) groups is 1. The Labute approximate surface area is 97.8 Å². The first-order valence-corrected chi connectivity index (χ1v) is 5.84. The zero-order valence-corrected chi connectivity index (χ0v) is 10.7. The minimum absolute atomic E-state index is 0.189. The van der Waals surface area contributed by atoms with Crippen LogP contribution in [0.3, 0.4) is 0 Å². The summed E-state index contributed by atoms with van der Waals surface area (Å²) in [6, 6.07) is 0. The fourth-order valence-electron chi connectivity index (χ4n) is 2.39. The van der Waals surface area contributed by atoms with Crippen LogP contribution >= 0.6 is 0 Å². The van der Waals surface area contributed by atoms with Gasteiger partial charge in [-0.25, -0.2) is 0 Å². The number of rotatable bonds is 4. The molecule has 0 spiro atoms. The van der Waals surface area contributed by atoms with Gasteiger partial charge in [0.05, 0.1) is 24.2 Å². The van der Waals surface area contributed by atoms with Gasteiger partial charge in [-0.1, -0.05) is 13.0 Å². The maximum atomic E-state index is 11.5. The first-order chi connectivity index (χ1) is 7.35. The average Bonchev–Trinajstić information content (AvgIpc) is 2.38. The summed E-state index contributed by atoms with van der Waals surface area (Å²) < 4.78 is 11.0. The second kappa shape index (κ2) is 4.58. The van der Waals surface area contributed by atoms with Gasteiger partial charge >= 0.3 is 5.97 Å². The Hall–Kier alpha value is -0.830. The highest BCUT2D eigenvalue weighted by molar-refractivity contribution is 5.70. The Kier molecular flexibility index (Phi) is 3.79. The molecule has 1 saturated heterocycles. The Morgan fingerprint density at radius 2 is 2.25 bits per heavy atom. The predicted molar refractivity (Wildman–Crippen MR) is 63.1 cm³/mol. The molecular formula is C13H22O3. The monoisotopic (exact) mass is 226 g/mol. The number of hydrogen-bond donors (Lipinski definition) is 0. The van der Waals surface area contributed by atoms with Crippen molar-refractivity contribution in [3.8, 4) is 0 Å². The zero-order valence-electron chi connectivity index (χ0n) is 10.7. The molecule has 1 aliphatic heterocycles. The highest BCUT2D eigenvalue weighted by Crippen LogP contribution is 2.44. The van der Waals surface area contributed by atoms with E-state index in [-0.39, 0.29) is 11.6 Å². The van der Waals surface area contributed by atoms with Crippen LogP contribution in [0.15, 0.2) is 12.7 Å². The van der Waals surface area contributed by atoms with Crippen molar-refractivity contribution < 1.29 is 14.3 Å². The molecular weight excluding hydrogens is 204 g/mol. The molecule has 0 radical (unpaired) electrons. The lowest BCUT2D eigenvalue weighted by molar-refractivity contribution is -0.151. The number of esters is 1. The van der Waals surface area contributed by atoms with Gasteiger partial charge in [-0.3, -0.25) is 4.79 Å². The molecule has 3 heteroatoms. The van der Waals surface area contributed by atoms with Gasteiger partial charge in [0.1, 0.15) is 0 Å². The summed E-state index contributed by atoms with van der Waals surface area (Å²) in [5.41, 5.74) is -0.754. The molecule has 1 rings (SSSR count). The first-order valence-electron chi connectivity index (χ1n) is 5.84. The summed E-state index contributed by atoms with van der Waals surface area (Å²) in [4.78, 5) is 11.5. The minimum Gasteiger partial charge on any atom is -0.466 e. The fraction of sp³-hybridized carbons (Fsp3) is 0.769. The fourth-order valence-corrected chi connectivity index (χ4v) is 2.39. The van der Waals surface area contributed by atoms with Gasteiger partial charge in [0.25, 0.3) is 0 Å². The molecule has 1 heterocycles. The van der Waals surface area contributed by atoms with Crippen LogP contribution in [-0.2, 0) is 14.3 Å². The van der Waals surface area contributed by atoms with Crippen LogP contribution in [-0.4, -0.2) is 23.8 Å². The zero-order chi connectivity index (χ0) is 12.4. The van der Waals surface area contributed by atoms with E-state index in [0.717, 1.165) is 6.42 Å². The van der Waals surface area contributed by atoms with Crippen molar-refractivity contribution in [1.29, 1.82) is 0 Å². The second-order valence-electron chi connectivity index (χ2n) is 5.03. The van der Waals surface area contributed by atoms with E-state index >= 15 is 0 Å². The lowest BCUT2D eigenvalue weighted by Crippen LogP contribution is -2.33. The standard InChI is InChI=1S/C13H22O3/c1-6-13(5)10(3)8-12(4,16-13)9-11(14)15-7-2/h6,10H,1,7-9H2,2-5H3/t10-,12+,13+/m1/s1. The molecule has 0 bridgehead atoms. The second-order valence-corrected chi connectivity index (χ2v) is 5.03. The van der Waals surface area contributed by atoms with E-state index in [9.17, 15) is 4.79 Å². The van der Waals surface area contributed by atoms with Gasteiger partial charge in [-0.2, -0.15) is 0 Å². The number of carbonyl (C=O) groups excluding carboxylic acids is 1. The van der Waals surface area contributed by atoms with Crippen LogP contribution in [0.5, 0.6) is 0 Å². The molecule has 0 amide bonds. The van der Waals surface area contributed by atoms with E-state index in [2.05, 4.69) is 13.5 Å². The molecule has 92 valence electrons. The summed E-state index contributed by atoms with van der Waals surface area (Å²) in [7, 11) is 0. The van der Waals surface area contributed by atoms with Crippen molar-refractivity contribution in [3.05, 3.63) is 12.7 Å². The van der Waals surface area contributed by atoms with Crippen LogP contribution in [0.1, 0.15) is 40.5 Å². The van der Waals surface area contributed by atoms with Crippen molar-refractivity contribution in [2.45, 2.75) is 51.7 Å². The lowest BCUT2D eigenvalue weighted by Gasteiger charge is -2.28.